The number of hydrogen-bond donors (Lipinski definition) is 6. The zero-order valence-corrected chi connectivity index (χ0v) is 14.0. The summed E-state index contributed by atoms with van der Waals surface area (Å²) >= 11 is 10.4. The topological polar surface area (TPSA) is 191 Å². The van der Waals surface area contributed by atoms with E-state index >= 15 is 0 Å². The standard InChI is InChI=1S/C6H2Cl2O4.2C3H4N2O2/c7-1-3(9)5(11)2(8)6(12)4(1)10;2*6-2-1-4-3(7)5-2/h9,12H;2*1H2,(H2,4,5,6,7). The average molecular weight is 409 g/mol. The van der Waals surface area contributed by atoms with Crippen molar-refractivity contribution in [3.05, 3.63) is 21.6 Å². The number of halogens is 2. The van der Waals surface area contributed by atoms with Gasteiger partial charge in [0.1, 0.15) is 10.1 Å². The fourth-order valence-corrected chi connectivity index (χ4v) is 1.72. The molecular formula is C12H10Cl2N4O8. The molecule has 2 fully saturated rings. The van der Waals surface area contributed by atoms with Gasteiger partial charge in [-0.2, -0.15) is 0 Å². The molecule has 12 nitrogen and oxygen atoms in total. The van der Waals surface area contributed by atoms with Crippen LogP contribution in [0.5, 0.6) is 0 Å². The van der Waals surface area contributed by atoms with E-state index in [1.165, 1.54) is 0 Å². The van der Waals surface area contributed by atoms with Crippen molar-refractivity contribution in [2.24, 2.45) is 0 Å². The number of hydrogen-bond acceptors (Lipinski definition) is 8. The first-order valence-electron chi connectivity index (χ1n) is 6.46. The van der Waals surface area contributed by atoms with Crippen LogP contribution in [0.3, 0.4) is 0 Å². The molecule has 1 aliphatic carbocycles. The van der Waals surface area contributed by atoms with Crippen molar-refractivity contribution in [3.8, 4) is 0 Å². The van der Waals surface area contributed by atoms with E-state index in [0.717, 1.165) is 0 Å². The molecule has 0 spiro atoms. The van der Waals surface area contributed by atoms with Gasteiger partial charge in [-0.1, -0.05) is 23.2 Å². The van der Waals surface area contributed by atoms with Crippen LogP contribution in [0.15, 0.2) is 21.6 Å². The number of carbonyl (C=O) groups is 6. The molecule has 0 aromatic carbocycles. The van der Waals surface area contributed by atoms with E-state index in [2.05, 4.69) is 10.6 Å². The Hall–Kier alpha value is -3.12. The van der Waals surface area contributed by atoms with Crippen LogP contribution in [0.4, 0.5) is 9.59 Å². The molecule has 3 rings (SSSR count). The number of ketones is 2. The van der Waals surface area contributed by atoms with E-state index < -0.39 is 45.2 Å². The molecule has 6 amide bonds. The molecule has 26 heavy (non-hydrogen) atoms. The van der Waals surface area contributed by atoms with Gasteiger partial charge in [-0.15, -0.1) is 0 Å². The first-order valence-corrected chi connectivity index (χ1v) is 7.22. The van der Waals surface area contributed by atoms with E-state index in [9.17, 15) is 28.8 Å². The summed E-state index contributed by atoms with van der Waals surface area (Å²) in [6.45, 7) is 0.248. The van der Waals surface area contributed by atoms with Gasteiger partial charge in [-0.25, -0.2) is 9.59 Å². The maximum Gasteiger partial charge on any atom is 0.321 e. The number of allylic oxidation sites excluding steroid dienone is 2. The predicted molar refractivity (Wildman–Crippen MR) is 84.1 cm³/mol. The van der Waals surface area contributed by atoms with Crippen molar-refractivity contribution in [1.29, 1.82) is 0 Å². The average Bonchev–Trinajstić information content (AvgIpc) is 3.17. The maximum absolute atomic E-state index is 10.8. The molecule has 0 unspecified atom stereocenters. The highest BCUT2D eigenvalue weighted by molar-refractivity contribution is 6.55. The molecule has 2 aliphatic heterocycles. The molecule has 140 valence electrons. The molecule has 0 aromatic rings. The summed E-state index contributed by atoms with van der Waals surface area (Å²) in [5.41, 5.74) is 0. The Balaban J connectivity index is 0.000000207. The summed E-state index contributed by atoms with van der Waals surface area (Å²) in [6.07, 6.45) is 0. The van der Waals surface area contributed by atoms with Crippen molar-refractivity contribution in [2.45, 2.75) is 0 Å². The quantitative estimate of drug-likeness (QED) is 0.212. The van der Waals surface area contributed by atoms with Gasteiger partial charge >= 0.3 is 12.1 Å². The van der Waals surface area contributed by atoms with Gasteiger partial charge in [0.25, 0.3) is 0 Å². The normalized spacial score (nSPS) is 19.0. The lowest BCUT2D eigenvalue weighted by atomic mass is 10.1. The van der Waals surface area contributed by atoms with E-state index in [-0.39, 0.29) is 24.9 Å². The predicted octanol–water partition coefficient (Wildman–Crippen LogP) is -1.19. The van der Waals surface area contributed by atoms with Crippen LogP contribution in [0, 0.1) is 0 Å². The van der Waals surface area contributed by atoms with Crippen LogP contribution in [-0.2, 0) is 19.2 Å². The van der Waals surface area contributed by atoms with E-state index in [1.54, 1.807) is 0 Å². The molecule has 0 radical (unpaired) electrons. The number of aliphatic hydroxyl groups excluding tert-OH is 2. The van der Waals surface area contributed by atoms with Crippen LogP contribution >= 0.6 is 23.2 Å². The number of Topliss-reactive ketones (excluding diaryl/α,β-unsaturated/α-hetero) is 2. The Morgan fingerprint density at radius 2 is 0.962 bits per heavy atom. The molecule has 2 heterocycles. The fourth-order valence-electron chi connectivity index (χ4n) is 1.37. The summed E-state index contributed by atoms with van der Waals surface area (Å²) in [5.74, 6) is -4.51. The summed E-state index contributed by atoms with van der Waals surface area (Å²) in [5, 5.41) is 24.9. The van der Waals surface area contributed by atoms with Crippen molar-refractivity contribution in [2.75, 3.05) is 13.1 Å². The van der Waals surface area contributed by atoms with Crippen LogP contribution in [0.1, 0.15) is 0 Å². The third-order valence-corrected chi connectivity index (χ3v) is 3.27. The number of amides is 6. The Labute approximate surface area is 154 Å². The Kier molecular flexibility index (Phi) is 7.10. The molecule has 0 atom stereocenters. The van der Waals surface area contributed by atoms with Gasteiger partial charge < -0.3 is 20.8 Å². The highest BCUT2D eigenvalue weighted by Gasteiger charge is 2.33. The minimum Gasteiger partial charge on any atom is -0.503 e. The number of carbonyl (C=O) groups excluding carboxylic acids is 6. The second kappa shape index (κ2) is 8.82. The lowest BCUT2D eigenvalue weighted by Gasteiger charge is -2.08. The van der Waals surface area contributed by atoms with Crippen molar-refractivity contribution in [3.63, 3.8) is 0 Å². The second-order valence-corrected chi connectivity index (χ2v) is 5.20. The van der Waals surface area contributed by atoms with Gasteiger partial charge in [0.05, 0.1) is 13.1 Å². The SMILES string of the molecule is O=C1C(O)=C(Cl)C(=O)C(O)=C1Cl.O=C1CNC(=O)N1.O=C1CNC(=O)N1. The number of imide groups is 2. The van der Waals surface area contributed by atoms with Crippen LogP contribution in [0.2, 0.25) is 0 Å². The first-order chi connectivity index (χ1) is 12.0. The third-order valence-electron chi connectivity index (χ3n) is 2.57. The minimum absolute atomic E-state index is 0.124. The Bertz CT molecular complexity index is 653. The maximum atomic E-state index is 10.8. The summed E-state index contributed by atoms with van der Waals surface area (Å²) < 4.78 is 0. The van der Waals surface area contributed by atoms with Gasteiger partial charge in [0.15, 0.2) is 11.5 Å². The van der Waals surface area contributed by atoms with Gasteiger partial charge in [-0.3, -0.25) is 29.8 Å². The number of nitrogens with one attached hydrogen (secondary N) is 4. The van der Waals surface area contributed by atoms with Crippen molar-refractivity contribution >= 4 is 58.6 Å². The van der Waals surface area contributed by atoms with Gasteiger partial charge in [0.2, 0.25) is 23.4 Å². The molecular weight excluding hydrogens is 399 g/mol. The highest BCUT2D eigenvalue weighted by Crippen LogP contribution is 2.26. The van der Waals surface area contributed by atoms with Crippen LogP contribution in [0.25, 0.3) is 0 Å². The molecule has 2 saturated heterocycles. The third kappa shape index (κ3) is 5.46. The zero-order chi connectivity index (χ0) is 20.0. The molecule has 0 aromatic heterocycles. The summed E-state index contributed by atoms with van der Waals surface area (Å²) in [4.78, 5) is 61.7. The molecule has 0 bridgehead atoms. The highest BCUT2D eigenvalue weighted by atomic mass is 35.5. The van der Waals surface area contributed by atoms with Crippen molar-refractivity contribution < 1.29 is 39.0 Å². The molecule has 6 N–H and O–H groups in total. The monoisotopic (exact) mass is 408 g/mol. The minimum atomic E-state index is -1.06. The largest absolute Gasteiger partial charge is 0.503 e. The van der Waals surface area contributed by atoms with E-state index in [4.69, 9.17) is 33.4 Å². The van der Waals surface area contributed by atoms with Gasteiger partial charge in [0, 0.05) is 0 Å². The Morgan fingerprint density at radius 1 is 0.654 bits per heavy atom. The van der Waals surface area contributed by atoms with E-state index in [1.807, 2.05) is 10.6 Å². The Morgan fingerprint density at radius 3 is 1.12 bits per heavy atom. The lowest BCUT2D eigenvalue weighted by Crippen LogP contribution is -2.22. The number of aliphatic hydroxyl groups is 2. The number of urea groups is 2. The zero-order valence-electron chi connectivity index (χ0n) is 12.5. The van der Waals surface area contributed by atoms with Crippen LogP contribution < -0.4 is 21.3 Å². The van der Waals surface area contributed by atoms with E-state index in [0.29, 0.717) is 0 Å². The smallest absolute Gasteiger partial charge is 0.321 e. The molecule has 0 saturated carbocycles. The van der Waals surface area contributed by atoms with Gasteiger partial charge in [-0.05, 0) is 0 Å². The second-order valence-electron chi connectivity index (χ2n) is 4.45. The molecule has 3 aliphatic rings. The first kappa shape index (κ1) is 20.9. The number of rotatable bonds is 0. The summed E-state index contributed by atoms with van der Waals surface area (Å²) in [6, 6.07) is -0.796. The lowest BCUT2D eigenvalue weighted by molar-refractivity contribution is -0.119. The molecule has 14 heteroatoms. The fraction of sp³-hybridized carbons (Fsp3) is 0.167. The van der Waals surface area contributed by atoms with Crippen LogP contribution in [-0.4, -0.2) is 58.7 Å². The van der Waals surface area contributed by atoms with Crippen molar-refractivity contribution in [1.82, 2.24) is 21.3 Å². The summed E-state index contributed by atoms with van der Waals surface area (Å²) in [7, 11) is 0.